The Hall–Kier alpha value is -0.163. The lowest BCUT2D eigenvalue weighted by Crippen LogP contribution is -2.51. The van der Waals surface area contributed by atoms with Gasteiger partial charge in [0, 0.05) is 24.4 Å². The highest BCUT2D eigenvalue weighted by molar-refractivity contribution is 6.61. The Morgan fingerprint density at radius 1 is 0.842 bits per heavy atom. The topological polar surface area (TPSA) is 27.7 Å². The minimum atomic E-state index is -2.67. The SMILES string of the molecule is C=CC[Si](OC(C)CC)(OC(C)CC)OC(C)CC. The Labute approximate surface area is 120 Å². The first kappa shape index (κ1) is 18.8. The Morgan fingerprint density at radius 3 is 1.37 bits per heavy atom. The number of allylic oxidation sites excluding steroid dienone is 1. The molecule has 114 valence electrons. The van der Waals surface area contributed by atoms with Gasteiger partial charge in [-0.3, -0.25) is 0 Å². The van der Waals surface area contributed by atoms with Gasteiger partial charge in [-0.15, -0.1) is 6.58 Å². The van der Waals surface area contributed by atoms with Gasteiger partial charge < -0.3 is 13.3 Å². The van der Waals surface area contributed by atoms with E-state index in [0.717, 1.165) is 19.3 Å². The molecule has 0 aliphatic rings. The van der Waals surface area contributed by atoms with Crippen LogP contribution in [0.2, 0.25) is 6.04 Å². The van der Waals surface area contributed by atoms with E-state index in [9.17, 15) is 0 Å². The summed E-state index contributed by atoms with van der Waals surface area (Å²) in [4.78, 5) is 0. The highest BCUT2D eigenvalue weighted by Gasteiger charge is 2.43. The van der Waals surface area contributed by atoms with Gasteiger partial charge in [0.2, 0.25) is 0 Å². The standard InChI is InChI=1S/C15H32O3Si/c1-8-12-19(16-13(5)9-2,17-14(6)10-3)18-15(7)11-4/h8,13-15H,1,9-12H2,2-7H3. The molecule has 0 aliphatic heterocycles. The van der Waals surface area contributed by atoms with E-state index in [2.05, 4.69) is 48.1 Å². The van der Waals surface area contributed by atoms with E-state index in [-0.39, 0.29) is 18.3 Å². The summed E-state index contributed by atoms with van der Waals surface area (Å²) in [7, 11) is -2.67. The minimum absolute atomic E-state index is 0.153. The summed E-state index contributed by atoms with van der Waals surface area (Å²) in [5.41, 5.74) is 0. The second-order valence-electron chi connectivity index (χ2n) is 5.19. The lowest BCUT2D eigenvalue weighted by atomic mass is 10.3. The van der Waals surface area contributed by atoms with E-state index < -0.39 is 8.80 Å². The van der Waals surface area contributed by atoms with Gasteiger partial charge in [0.1, 0.15) is 0 Å². The molecule has 3 unspecified atom stereocenters. The van der Waals surface area contributed by atoms with Crippen LogP contribution in [0.5, 0.6) is 0 Å². The predicted molar refractivity (Wildman–Crippen MR) is 83.3 cm³/mol. The Bertz CT molecular complexity index is 214. The lowest BCUT2D eigenvalue weighted by molar-refractivity contribution is -0.00856. The molecule has 0 aliphatic carbocycles. The van der Waals surface area contributed by atoms with Crippen LogP contribution in [-0.4, -0.2) is 27.1 Å². The second kappa shape index (κ2) is 9.70. The van der Waals surface area contributed by atoms with Crippen molar-refractivity contribution >= 4 is 8.80 Å². The molecule has 3 nitrogen and oxygen atoms in total. The maximum atomic E-state index is 6.20. The molecule has 0 amide bonds. The smallest absolute Gasteiger partial charge is 0.370 e. The van der Waals surface area contributed by atoms with Crippen molar-refractivity contribution in [1.82, 2.24) is 0 Å². The van der Waals surface area contributed by atoms with Crippen LogP contribution in [0.1, 0.15) is 60.8 Å². The van der Waals surface area contributed by atoms with E-state index in [1.165, 1.54) is 0 Å². The van der Waals surface area contributed by atoms with E-state index in [0.29, 0.717) is 6.04 Å². The lowest BCUT2D eigenvalue weighted by Gasteiger charge is -2.35. The van der Waals surface area contributed by atoms with Crippen LogP contribution in [0.15, 0.2) is 12.7 Å². The quantitative estimate of drug-likeness (QED) is 0.412. The molecule has 0 aromatic rings. The second-order valence-corrected chi connectivity index (χ2v) is 7.67. The van der Waals surface area contributed by atoms with Gasteiger partial charge in [-0.05, 0) is 40.0 Å². The van der Waals surface area contributed by atoms with Crippen LogP contribution in [0.3, 0.4) is 0 Å². The summed E-state index contributed by atoms with van der Waals surface area (Å²) in [6, 6.07) is 0.673. The van der Waals surface area contributed by atoms with Crippen molar-refractivity contribution < 1.29 is 13.3 Å². The fourth-order valence-corrected chi connectivity index (χ4v) is 4.72. The third-order valence-electron chi connectivity index (χ3n) is 3.26. The molecule has 0 heterocycles. The molecule has 0 bridgehead atoms. The number of rotatable bonds is 11. The van der Waals surface area contributed by atoms with Gasteiger partial charge in [-0.25, -0.2) is 0 Å². The molecule has 0 spiro atoms. The van der Waals surface area contributed by atoms with Crippen LogP contribution in [0, 0.1) is 0 Å². The van der Waals surface area contributed by atoms with Crippen molar-refractivity contribution in [1.29, 1.82) is 0 Å². The third kappa shape index (κ3) is 7.25. The van der Waals surface area contributed by atoms with Gasteiger partial charge in [0.05, 0.1) is 0 Å². The molecule has 0 radical (unpaired) electrons. The molecule has 0 aromatic carbocycles. The van der Waals surface area contributed by atoms with Crippen LogP contribution >= 0.6 is 0 Å². The molecule has 4 heteroatoms. The zero-order valence-electron chi connectivity index (χ0n) is 13.6. The van der Waals surface area contributed by atoms with Gasteiger partial charge >= 0.3 is 8.80 Å². The number of hydrogen-bond donors (Lipinski definition) is 0. The molecule has 0 rings (SSSR count). The largest absolute Gasteiger partial charge is 0.505 e. The summed E-state index contributed by atoms with van der Waals surface area (Å²) in [6.07, 6.45) is 5.19. The van der Waals surface area contributed by atoms with Crippen LogP contribution in [-0.2, 0) is 13.3 Å². The normalized spacial score (nSPS) is 19.5. The van der Waals surface area contributed by atoms with Crippen molar-refractivity contribution in [3.63, 3.8) is 0 Å². The highest BCUT2D eigenvalue weighted by Crippen LogP contribution is 2.24. The zero-order chi connectivity index (χ0) is 14.9. The fraction of sp³-hybridized carbons (Fsp3) is 0.867. The molecular weight excluding hydrogens is 256 g/mol. The molecular formula is C15H32O3Si. The Morgan fingerprint density at radius 2 is 1.16 bits per heavy atom. The molecule has 0 fully saturated rings. The van der Waals surface area contributed by atoms with E-state index in [4.69, 9.17) is 13.3 Å². The monoisotopic (exact) mass is 288 g/mol. The van der Waals surface area contributed by atoms with Crippen molar-refractivity contribution in [2.75, 3.05) is 0 Å². The van der Waals surface area contributed by atoms with Crippen LogP contribution in [0.25, 0.3) is 0 Å². The molecule has 0 N–H and O–H groups in total. The molecule has 0 saturated carbocycles. The maximum Gasteiger partial charge on any atom is 0.505 e. The molecule has 0 aromatic heterocycles. The maximum absolute atomic E-state index is 6.20. The zero-order valence-corrected chi connectivity index (χ0v) is 14.6. The first-order valence-electron chi connectivity index (χ1n) is 7.57. The third-order valence-corrected chi connectivity index (χ3v) is 6.33. The van der Waals surface area contributed by atoms with E-state index in [1.54, 1.807) is 0 Å². The number of hydrogen-bond acceptors (Lipinski definition) is 3. The fourth-order valence-electron chi connectivity index (χ4n) is 1.57. The summed E-state index contributed by atoms with van der Waals surface area (Å²) >= 11 is 0. The Balaban J connectivity index is 5.01. The highest BCUT2D eigenvalue weighted by atomic mass is 28.4. The molecule has 3 atom stereocenters. The molecule has 0 saturated heterocycles. The summed E-state index contributed by atoms with van der Waals surface area (Å²) < 4.78 is 18.6. The van der Waals surface area contributed by atoms with Crippen molar-refractivity contribution in [2.45, 2.75) is 85.2 Å². The first-order chi connectivity index (χ1) is 8.92. The van der Waals surface area contributed by atoms with E-state index in [1.807, 2.05) is 6.08 Å². The first-order valence-corrected chi connectivity index (χ1v) is 9.50. The summed E-state index contributed by atoms with van der Waals surface area (Å²) in [6.45, 7) is 16.4. The van der Waals surface area contributed by atoms with Gasteiger partial charge in [0.25, 0.3) is 0 Å². The van der Waals surface area contributed by atoms with Crippen molar-refractivity contribution in [3.8, 4) is 0 Å². The van der Waals surface area contributed by atoms with Crippen LogP contribution in [0.4, 0.5) is 0 Å². The summed E-state index contributed by atoms with van der Waals surface area (Å²) in [5, 5.41) is 0. The average Bonchev–Trinajstić information content (AvgIpc) is 2.38. The molecule has 19 heavy (non-hydrogen) atoms. The van der Waals surface area contributed by atoms with Gasteiger partial charge in [0.15, 0.2) is 0 Å². The van der Waals surface area contributed by atoms with Crippen LogP contribution < -0.4 is 0 Å². The van der Waals surface area contributed by atoms with Crippen molar-refractivity contribution in [2.24, 2.45) is 0 Å². The van der Waals surface area contributed by atoms with Gasteiger partial charge in [-0.1, -0.05) is 26.8 Å². The minimum Gasteiger partial charge on any atom is -0.370 e. The Kier molecular flexibility index (Phi) is 9.61. The summed E-state index contributed by atoms with van der Waals surface area (Å²) in [5.74, 6) is 0. The average molecular weight is 289 g/mol. The van der Waals surface area contributed by atoms with Gasteiger partial charge in [-0.2, -0.15) is 0 Å². The predicted octanol–water partition coefficient (Wildman–Crippen LogP) is 4.56. The van der Waals surface area contributed by atoms with E-state index >= 15 is 0 Å². The van der Waals surface area contributed by atoms with Crippen molar-refractivity contribution in [3.05, 3.63) is 12.7 Å².